The molecule has 4 N–H and O–H groups in total. The fraction of sp³-hybridized carbons (Fsp3) is 0.447. The molecule has 252 valence electrons. The monoisotopic (exact) mass is 642 g/mol. The molecular weight excluding hydrogens is 592 g/mol. The topological polar surface area (TPSA) is 120 Å². The quantitative estimate of drug-likeness (QED) is 0.193. The van der Waals surface area contributed by atoms with Gasteiger partial charge in [-0.2, -0.15) is 0 Å². The SMILES string of the molecule is Cc1cc(C)c(OCC(=O)N[C@H](Cc2ccccc2)[C@H](O)C[C@@H](Cc2ccccc2)NC(=O)[C@@H](C(C)C)N2CCCNC2=O)c(C)c1. The van der Waals surface area contributed by atoms with Crippen molar-refractivity contribution in [1.82, 2.24) is 20.9 Å². The molecule has 0 spiro atoms. The van der Waals surface area contributed by atoms with Crippen molar-refractivity contribution < 1.29 is 24.2 Å². The molecule has 4 amide bonds. The van der Waals surface area contributed by atoms with Gasteiger partial charge in [-0.25, -0.2) is 4.79 Å². The summed E-state index contributed by atoms with van der Waals surface area (Å²) >= 11 is 0. The van der Waals surface area contributed by atoms with Gasteiger partial charge in [-0.3, -0.25) is 9.59 Å². The standard InChI is InChI=1S/C38H50N4O5/c1-25(2)35(42-18-12-17-39-38(42)46)37(45)40-31(21-29-13-8-6-9-14-29)23-33(43)32(22-30-15-10-7-11-16-30)41-34(44)24-47-36-27(4)19-26(3)20-28(36)5/h6-11,13-16,19-20,25,31-33,35,43H,12,17-18,21-24H2,1-5H3,(H,39,46)(H,40,45)(H,41,44)/t31-,32-,33-,35-/m1/s1. The molecular formula is C38H50N4O5. The van der Waals surface area contributed by atoms with Crippen molar-refractivity contribution in [3.63, 3.8) is 0 Å². The minimum atomic E-state index is -0.994. The highest BCUT2D eigenvalue weighted by molar-refractivity contribution is 5.87. The van der Waals surface area contributed by atoms with Crippen LogP contribution >= 0.6 is 0 Å². The number of urea groups is 1. The number of carbonyl (C=O) groups excluding carboxylic acids is 3. The van der Waals surface area contributed by atoms with Crippen LogP contribution in [0.25, 0.3) is 0 Å². The third-order valence-electron chi connectivity index (χ3n) is 8.61. The normalized spacial score (nSPS) is 15.7. The Kier molecular flexibility index (Phi) is 12.8. The molecule has 1 aliphatic heterocycles. The molecule has 4 atom stereocenters. The van der Waals surface area contributed by atoms with Crippen molar-refractivity contribution in [2.24, 2.45) is 5.92 Å². The Bertz CT molecular complexity index is 1460. The Labute approximate surface area is 279 Å². The van der Waals surface area contributed by atoms with Crippen LogP contribution in [0.3, 0.4) is 0 Å². The van der Waals surface area contributed by atoms with Gasteiger partial charge >= 0.3 is 6.03 Å². The van der Waals surface area contributed by atoms with Gasteiger partial charge < -0.3 is 30.7 Å². The summed E-state index contributed by atoms with van der Waals surface area (Å²) in [5.74, 6) is -0.0410. The predicted molar refractivity (Wildman–Crippen MR) is 184 cm³/mol. The van der Waals surface area contributed by atoms with E-state index in [-0.39, 0.29) is 36.8 Å². The Balaban J connectivity index is 1.52. The number of nitrogens with zero attached hydrogens (tertiary/aromatic N) is 1. The molecule has 0 saturated carbocycles. The Morgan fingerprint density at radius 3 is 2.09 bits per heavy atom. The summed E-state index contributed by atoms with van der Waals surface area (Å²) in [6.45, 7) is 10.7. The van der Waals surface area contributed by atoms with Crippen LogP contribution in [0, 0.1) is 26.7 Å². The molecule has 1 aliphatic rings. The van der Waals surface area contributed by atoms with Crippen LogP contribution in [-0.4, -0.2) is 71.8 Å². The molecule has 4 rings (SSSR count). The van der Waals surface area contributed by atoms with Gasteiger partial charge in [0.15, 0.2) is 6.61 Å². The van der Waals surface area contributed by atoms with Crippen LogP contribution in [0.2, 0.25) is 0 Å². The molecule has 3 aromatic rings. The molecule has 1 saturated heterocycles. The van der Waals surface area contributed by atoms with Crippen LogP contribution < -0.4 is 20.7 Å². The number of amides is 4. The van der Waals surface area contributed by atoms with Crippen molar-refractivity contribution in [3.05, 3.63) is 101 Å². The van der Waals surface area contributed by atoms with Crippen molar-refractivity contribution in [3.8, 4) is 5.75 Å². The summed E-state index contributed by atoms with van der Waals surface area (Å²) in [7, 11) is 0. The van der Waals surface area contributed by atoms with E-state index in [4.69, 9.17) is 4.74 Å². The van der Waals surface area contributed by atoms with Gasteiger partial charge in [0.2, 0.25) is 5.91 Å². The second-order valence-electron chi connectivity index (χ2n) is 13.0. The van der Waals surface area contributed by atoms with Gasteiger partial charge in [-0.1, -0.05) is 92.2 Å². The summed E-state index contributed by atoms with van der Waals surface area (Å²) in [6.07, 6.45) is 0.827. The smallest absolute Gasteiger partial charge is 0.318 e. The van der Waals surface area contributed by atoms with E-state index < -0.39 is 24.2 Å². The zero-order chi connectivity index (χ0) is 33.9. The van der Waals surface area contributed by atoms with E-state index in [0.29, 0.717) is 31.7 Å². The first-order chi connectivity index (χ1) is 22.5. The molecule has 47 heavy (non-hydrogen) atoms. The zero-order valence-corrected chi connectivity index (χ0v) is 28.3. The maximum atomic E-state index is 13.8. The van der Waals surface area contributed by atoms with E-state index in [9.17, 15) is 19.5 Å². The molecule has 0 aromatic heterocycles. The van der Waals surface area contributed by atoms with Crippen molar-refractivity contribution in [2.45, 2.75) is 84.5 Å². The Morgan fingerprint density at radius 2 is 1.51 bits per heavy atom. The Hall–Kier alpha value is -4.37. The summed E-state index contributed by atoms with van der Waals surface area (Å²) < 4.78 is 5.96. The number of benzene rings is 3. The van der Waals surface area contributed by atoms with Gasteiger partial charge in [0, 0.05) is 19.1 Å². The molecule has 1 heterocycles. The third-order valence-corrected chi connectivity index (χ3v) is 8.61. The van der Waals surface area contributed by atoms with Gasteiger partial charge in [-0.15, -0.1) is 0 Å². The molecule has 0 radical (unpaired) electrons. The largest absolute Gasteiger partial charge is 0.483 e. The summed E-state index contributed by atoms with van der Waals surface area (Å²) in [6, 6.07) is 21.5. The number of hydrogen-bond acceptors (Lipinski definition) is 5. The highest BCUT2D eigenvalue weighted by atomic mass is 16.5. The van der Waals surface area contributed by atoms with E-state index in [1.807, 2.05) is 107 Å². The van der Waals surface area contributed by atoms with E-state index >= 15 is 0 Å². The summed E-state index contributed by atoms with van der Waals surface area (Å²) in [4.78, 5) is 41.4. The molecule has 9 nitrogen and oxygen atoms in total. The maximum Gasteiger partial charge on any atom is 0.318 e. The summed E-state index contributed by atoms with van der Waals surface area (Å²) in [5.41, 5.74) is 5.00. The van der Waals surface area contributed by atoms with Crippen LogP contribution in [0.15, 0.2) is 72.8 Å². The first-order valence-corrected chi connectivity index (χ1v) is 16.6. The molecule has 9 heteroatoms. The second-order valence-corrected chi connectivity index (χ2v) is 13.0. The minimum absolute atomic E-state index is 0.118. The number of nitrogens with one attached hydrogen (secondary N) is 3. The Morgan fingerprint density at radius 1 is 0.915 bits per heavy atom. The number of aliphatic hydroxyl groups is 1. The van der Waals surface area contributed by atoms with Crippen molar-refractivity contribution >= 4 is 17.8 Å². The molecule has 0 aliphatic carbocycles. The number of rotatable bonds is 15. The predicted octanol–water partition coefficient (Wildman–Crippen LogP) is 4.64. The van der Waals surface area contributed by atoms with Crippen LogP contribution in [0.1, 0.15) is 54.5 Å². The highest BCUT2D eigenvalue weighted by Gasteiger charge is 2.35. The fourth-order valence-corrected chi connectivity index (χ4v) is 6.48. The zero-order valence-electron chi connectivity index (χ0n) is 28.3. The lowest BCUT2D eigenvalue weighted by molar-refractivity contribution is -0.128. The number of hydrogen-bond donors (Lipinski definition) is 4. The van der Waals surface area contributed by atoms with Gasteiger partial charge in [-0.05, 0) is 74.6 Å². The lowest BCUT2D eigenvalue weighted by Crippen LogP contribution is -2.59. The number of aryl methyl sites for hydroxylation is 3. The lowest BCUT2D eigenvalue weighted by Gasteiger charge is -2.37. The maximum absolute atomic E-state index is 13.8. The fourth-order valence-electron chi connectivity index (χ4n) is 6.48. The highest BCUT2D eigenvalue weighted by Crippen LogP contribution is 2.24. The molecule has 3 aromatic carbocycles. The van der Waals surface area contributed by atoms with E-state index in [2.05, 4.69) is 16.0 Å². The molecule has 1 fully saturated rings. The summed E-state index contributed by atoms with van der Waals surface area (Å²) in [5, 5.41) is 20.8. The van der Waals surface area contributed by atoms with Gasteiger partial charge in [0.1, 0.15) is 11.8 Å². The van der Waals surface area contributed by atoms with Crippen LogP contribution in [0.5, 0.6) is 5.75 Å². The van der Waals surface area contributed by atoms with E-state index in [1.165, 1.54) is 0 Å². The first-order valence-electron chi connectivity index (χ1n) is 16.6. The van der Waals surface area contributed by atoms with Crippen molar-refractivity contribution in [1.29, 1.82) is 0 Å². The van der Waals surface area contributed by atoms with Gasteiger partial charge in [0.25, 0.3) is 5.91 Å². The van der Waals surface area contributed by atoms with Crippen LogP contribution in [0.4, 0.5) is 4.79 Å². The average Bonchev–Trinajstić information content (AvgIpc) is 3.02. The van der Waals surface area contributed by atoms with Crippen molar-refractivity contribution in [2.75, 3.05) is 19.7 Å². The van der Waals surface area contributed by atoms with Crippen LogP contribution in [-0.2, 0) is 22.4 Å². The average molecular weight is 643 g/mol. The van der Waals surface area contributed by atoms with Gasteiger partial charge in [0.05, 0.1) is 12.1 Å². The lowest BCUT2D eigenvalue weighted by atomic mass is 9.92. The first kappa shape index (κ1) is 35.5. The minimum Gasteiger partial charge on any atom is -0.483 e. The van der Waals surface area contributed by atoms with E-state index in [0.717, 1.165) is 34.2 Å². The molecule has 0 bridgehead atoms. The number of aliphatic hydroxyl groups excluding tert-OH is 1. The third kappa shape index (κ3) is 10.3. The number of carbonyl (C=O) groups is 3. The second kappa shape index (κ2) is 17.0. The molecule has 0 unspecified atom stereocenters. The van der Waals surface area contributed by atoms with E-state index in [1.54, 1.807) is 4.90 Å². The number of ether oxygens (including phenoxy) is 1.